The molecule has 3 aromatic rings. The molecular weight excluding hydrogens is 458 g/mol. The molecule has 8 heteroatoms. The van der Waals surface area contributed by atoms with E-state index in [-0.39, 0.29) is 30.2 Å². The molecule has 2 aliphatic heterocycles. The van der Waals surface area contributed by atoms with E-state index in [2.05, 4.69) is 17.2 Å². The number of amides is 1. The lowest BCUT2D eigenvalue weighted by molar-refractivity contribution is -0.0395. The van der Waals surface area contributed by atoms with Gasteiger partial charge in [0.2, 0.25) is 0 Å². The van der Waals surface area contributed by atoms with Gasteiger partial charge in [0.15, 0.2) is 0 Å². The fraction of sp³-hybridized carbons (Fsp3) is 0.464. The van der Waals surface area contributed by atoms with E-state index >= 15 is 0 Å². The molecule has 0 saturated carbocycles. The van der Waals surface area contributed by atoms with Crippen molar-refractivity contribution in [2.45, 2.75) is 57.7 Å². The standard InChI is InChI=1S/C28H33N3O5/c1-17-18(2)26-23(28(34)31(16-29-26)24-9-12-36-15-25(24)32)14-21(17)13-19-3-5-20(6-4-19)27(33)30-22-7-10-35-11-8-22/h3-6,14,16,22,24-25,32H,7-13,15H2,1-2H3,(H,30,33)/t24-,25-/m0/s1. The average molecular weight is 492 g/mol. The van der Waals surface area contributed by atoms with E-state index in [9.17, 15) is 14.7 Å². The molecule has 5 rings (SSSR count). The number of aliphatic hydroxyl groups excluding tert-OH is 1. The molecule has 0 radical (unpaired) electrons. The molecule has 2 saturated heterocycles. The van der Waals surface area contributed by atoms with E-state index in [1.54, 1.807) is 10.9 Å². The second kappa shape index (κ2) is 10.5. The summed E-state index contributed by atoms with van der Waals surface area (Å²) in [6.45, 7) is 6.14. The first-order chi connectivity index (χ1) is 17.4. The van der Waals surface area contributed by atoms with Gasteiger partial charge in [-0.2, -0.15) is 0 Å². The number of carbonyl (C=O) groups is 1. The van der Waals surface area contributed by atoms with Crippen LogP contribution in [0.4, 0.5) is 0 Å². The van der Waals surface area contributed by atoms with Gasteiger partial charge < -0.3 is 19.9 Å². The summed E-state index contributed by atoms with van der Waals surface area (Å²) in [5.74, 6) is -0.0619. The van der Waals surface area contributed by atoms with E-state index < -0.39 is 6.10 Å². The number of benzene rings is 2. The zero-order valence-electron chi connectivity index (χ0n) is 20.8. The van der Waals surface area contributed by atoms with Crippen LogP contribution >= 0.6 is 0 Å². The Labute approximate surface area is 210 Å². The van der Waals surface area contributed by atoms with Crippen LogP contribution in [0.2, 0.25) is 0 Å². The molecule has 0 aliphatic carbocycles. The van der Waals surface area contributed by atoms with Crippen LogP contribution in [0.3, 0.4) is 0 Å². The Hall–Kier alpha value is -3.07. The van der Waals surface area contributed by atoms with Crippen LogP contribution in [-0.2, 0) is 15.9 Å². The van der Waals surface area contributed by atoms with Crippen molar-refractivity contribution in [1.82, 2.24) is 14.9 Å². The third kappa shape index (κ3) is 4.93. The Balaban J connectivity index is 1.39. The molecule has 190 valence electrons. The molecule has 2 atom stereocenters. The zero-order valence-corrected chi connectivity index (χ0v) is 20.8. The molecule has 2 aliphatic rings. The quantitative estimate of drug-likeness (QED) is 0.569. The number of carbonyl (C=O) groups excluding carboxylic acids is 1. The van der Waals surface area contributed by atoms with Gasteiger partial charge in [-0.15, -0.1) is 0 Å². The summed E-state index contributed by atoms with van der Waals surface area (Å²) in [6, 6.07) is 9.40. The fourth-order valence-corrected chi connectivity index (χ4v) is 5.17. The molecule has 36 heavy (non-hydrogen) atoms. The minimum absolute atomic E-state index is 0.0619. The summed E-state index contributed by atoms with van der Waals surface area (Å²) in [5, 5.41) is 14.0. The fourth-order valence-electron chi connectivity index (χ4n) is 5.17. The van der Waals surface area contributed by atoms with Crippen molar-refractivity contribution in [3.8, 4) is 0 Å². The van der Waals surface area contributed by atoms with Gasteiger partial charge in [0.1, 0.15) is 0 Å². The van der Waals surface area contributed by atoms with Crippen molar-refractivity contribution >= 4 is 16.8 Å². The maximum atomic E-state index is 13.4. The zero-order chi connectivity index (χ0) is 25.2. The number of aromatic nitrogens is 2. The Morgan fingerprint density at radius 3 is 2.53 bits per heavy atom. The van der Waals surface area contributed by atoms with Gasteiger partial charge in [-0.3, -0.25) is 14.2 Å². The molecule has 0 spiro atoms. The highest BCUT2D eigenvalue weighted by molar-refractivity contribution is 5.94. The second-order valence-corrected chi connectivity index (χ2v) is 9.87. The van der Waals surface area contributed by atoms with Crippen LogP contribution in [0, 0.1) is 13.8 Å². The molecule has 3 heterocycles. The van der Waals surface area contributed by atoms with Crippen LogP contribution in [0.1, 0.15) is 57.9 Å². The molecule has 8 nitrogen and oxygen atoms in total. The van der Waals surface area contributed by atoms with Gasteiger partial charge in [0.25, 0.3) is 11.5 Å². The molecule has 2 fully saturated rings. The third-order valence-corrected chi connectivity index (χ3v) is 7.56. The number of hydrogen-bond acceptors (Lipinski definition) is 6. The number of nitrogens with zero attached hydrogens (tertiary/aromatic N) is 2. The normalized spacial score (nSPS) is 21.0. The third-order valence-electron chi connectivity index (χ3n) is 7.56. The van der Waals surface area contributed by atoms with E-state index in [4.69, 9.17) is 9.47 Å². The summed E-state index contributed by atoms with van der Waals surface area (Å²) in [4.78, 5) is 30.7. The van der Waals surface area contributed by atoms with Crippen molar-refractivity contribution in [2.75, 3.05) is 26.4 Å². The lowest BCUT2D eigenvalue weighted by Gasteiger charge is -2.29. The number of nitrogens with one attached hydrogen (secondary N) is 1. The SMILES string of the molecule is Cc1c(Cc2ccc(C(=O)NC3CCOCC3)cc2)cc2c(=O)n([C@H]3CCOC[C@@H]3O)cnc2c1C. The number of rotatable bonds is 5. The predicted octanol–water partition coefficient (Wildman–Crippen LogP) is 2.84. The van der Waals surface area contributed by atoms with Crippen molar-refractivity contribution in [3.63, 3.8) is 0 Å². The number of ether oxygens (including phenoxy) is 2. The summed E-state index contributed by atoms with van der Waals surface area (Å²) < 4.78 is 12.2. The van der Waals surface area contributed by atoms with Crippen LogP contribution < -0.4 is 10.9 Å². The Morgan fingerprint density at radius 2 is 1.81 bits per heavy atom. The first-order valence-electron chi connectivity index (χ1n) is 12.7. The Morgan fingerprint density at radius 1 is 1.08 bits per heavy atom. The number of aryl methyl sites for hydroxylation is 1. The highest BCUT2D eigenvalue weighted by Crippen LogP contribution is 2.26. The molecule has 1 amide bonds. The largest absolute Gasteiger partial charge is 0.389 e. The maximum absolute atomic E-state index is 13.4. The molecule has 0 bridgehead atoms. The Kier molecular flexibility index (Phi) is 7.18. The van der Waals surface area contributed by atoms with Crippen molar-refractivity contribution in [3.05, 3.63) is 74.8 Å². The monoisotopic (exact) mass is 491 g/mol. The van der Waals surface area contributed by atoms with E-state index in [1.807, 2.05) is 37.3 Å². The van der Waals surface area contributed by atoms with Gasteiger partial charge in [-0.25, -0.2) is 4.98 Å². The van der Waals surface area contributed by atoms with Gasteiger partial charge in [0, 0.05) is 31.4 Å². The van der Waals surface area contributed by atoms with Gasteiger partial charge in [-0.05, 0) is 80.0 Å². The van der Waals surface area contributed by atoms with E-state index in [0.717, 1.165) is 35.1 Å². The van der Waals surface area contributed by atoms with Crippen LogP contribution in [0.15, 0.2) is 41.5 Å². The first-order valence-corrected chi connectivity index (χ1v) is 12.7. The smallest absolute Gasteiger partial charge is 0.261 e. The van der Waals surface area contributed by atoms with Crippen LogP contribution in [-0.4, -0.2) is 59.1 Å². The summed E-state index contributed by atoms with van der Waals surface area (Å²) in [5.41, 5.74) is 5.37. The highest BCUT2D eigenvalue weighted by Gasteiger charge is 2.27. The lowest BCUT2D eigenvalue weighted by Crippen LogP contribution is -2.39. The van der Waals surface area contributed by atoms with E-state index in [0.29, 0.717) is 49.1 Å². The van der Waals surface area contributed by atoms with Gasteiger partial charge >= 0.3 is 0 Å². The van der Waals surface area contributed by atoms with Crippen molar-refractivity contribution in [1.29, 1.82) is 0 Å². The van der Waals surface area contributed by atoms with Crippen molar-refractivity contribution in [2.24, 2.45) is 0 Å². The summed E-state index contributed by atoms with van der Waals surface area (Å²) in [6.07, 6.45) is 3.71. The minimum Gasteiger partial charge on any atom is -0.389 e. The molecule has 0 unspecified atom stereocenters. The first kappa shape index (κ1) is 24.6. The predicted molar refractivity (Wildman–Crippen MR) is 137 cm³/mol. The van der Waals surface area contributed by atoms with Crippen LogP contribution in [0.5, 0.6) is 0 Å². The molecule has 2 N–H and O–H groups in total. The maximum Gasteiger partial charge on any atom is 0.261 e. The molecule has 2 aromatic carbocycles. The minimum atomic E-state index is -0.733. The molecular formula is C28H33N3O5. The second-order valence-electron chi connectivity index (χ2n) is 9.87. The lowest BCUT2D eigenvalue weighted by atomic mass is 9.94. The highest BCUT2D eigenvalue weighted by atomic mass is 16.5. The molecule has 1 aromatic heterocycles. The van der Waals surface area contributed by atoms with Gasteiger partial charge in [0.05, 0.1) is 36.0 Å². The summed E-state index contributed by atoms with van der Waals surface area (Å²) in [7, 11) is 0. The van der Waals surface area contributed by atoms with Gasteiger partial charge in [-0.1, -0.05) is 12.1 Å². The average Bonchev–Trinajstić information content (AvgIpc) is 2.89. The summed E-state index contributed by atoms with van der Waals surface area (Å²) >= 11 is 0. The Bertz CT molecular complexity index is 1310. The number of aliphatic hydroxyl groups is 1. The van der Waals surface area contributed by atoms with Crippen LogP contribution in [0.25, 0.3) is 10.9 Å². The van der Waals surface area contributed by atoms with Crippen molar-refractivity contribution < 1.29 is 19.4 Å². The van der Waals surface area contributed by atoms with E-state index in [1.165, 1.54) is 0 Å². The number of fused-ring (bicyclic) bond motifs is 1. The topological polar surface area (TPSA) is 103 Å². The number of hydrogen-bond donors (Lipinski definition) is 2.